The van der Waals surface area contributed by atoms with E-state index in [1.165, 1.54) is 17.0 Å². The van der Waals surface area contributed by atoms with Crippen molar-refractivity contribution in [1.29, 1.82) is 0 Å². The Morgan fingerprint density at radius 1 is 1.25 bits per heavy atom. The maximum atomic E-state index is 12.0. The molecule has 1 aromatic carbocycles. The number of carboxylic acid groups (broad SMARTS) is 1. The first-order valence-corrected chi connectivity index (χ1v) is 9.24. The SMILES string of the molecule is Cc1ccc(S(=O)(=O)OCCOC2CC(C)CN(C(=O)O)C2)cc1. The summed E-state index contributed by atoms with van der Waals surface area (Å²) in [5, 5.41) is 9.06. The molecule has 0 bridgehead atoms. The molecule has 2 atom stereocenters. The second-order valence-corrected chi connectivity index (χ2v) is 7.73. The molecule has 7 nitrogen and oxygen atoms in total. The molecule has 1 N–H and O–H groups in total. The summed E-state index contributed by atoms with van der Waals surface area (Å²) in [5.41, 5.74) is 0.965. The summed E-state index contributed by atoms with van der Waals surface area (Å²) in [6.07, 6.45) is -0.460. The molecule has 1 fully saturated rings. The van der Waals surface area contributed by atoms with Crippen LogP contribution >= 0.6 is 0 Å². The fourth-order valence-corrected chi connectivity index (χ4v) is 3.60. The zero-order chi connectivity index (χ0) is 17.7. The molecule has 24 heavy (non-hydrogen) atoms. The molecule has 1 heterocycles. The standard InChI is InChI=1S/C16H23NO6S/c1-12-3-5-15(6-4-12)24(20,21)23-8-7-22-14-9-13(2)10-17(11-14)16(18)19/h3-6,13-14H,7-11H2,1-2H3,(H,18,19). The number of piperidine rings is 1. The van der Waals surface area contributed by atoms with Gasteiger partial charge in [0.15, 0.2) is 0 Å². The van der Waals surface area contributed by atoms with Gasteiger partial charge in [-0.1, -0.05) is 24.6 Å². The second-order valence-electron chi connectivity index (χ2n) is 6.11. The van der Waals surface area contributed by atoms with E-state index in [1.54, 1.807) is 12.1 Å². The van der Waals surface area contributed by atoms with E-state index in [0.29, 0.717) is 13.1 Å². The second kappa shape index (κ2) is 7.96. The predicted molar refractivity (Wildman–Crippen MR) is 87.4 cm³/mol. The molecule has 1 saturated heterocycles. The number of benzene rings is 1. The molecular formula is C16H23NO6S. The van der Waals surface area contributed by atoms with Crippen LogP contribution in [0.4, 0.5) is 4.79 Å². The number of ether oxygens (including phenoxy) is 1. The summed E-state index contributed by atoms with van der Waals surface area (Å²) >= 11 is 0. The number of nitrogens with zero attached hydrogens (tertiary/aromatic N) is 1. The van der Waals surface area contributed by atoms with Gasteiger partial charge in [-0.05, 0) is 31.4 Å². The van der Waals surface area contributed by atoms with Crippen LogP contribution in [0, 0.1) is 12.8 Å². The highest BCUT2D eigenvalue weighted by atomic mass is 32.2. The highest BCUT2D eigenvalue weighted by molar-refractivity contribution is 7.86. The molecule has 134 valence electrons. The normalized spacial score (nSPS) is 21.7. The Bertz CT molecular complexity index is 658. The fourth-order valence-electron chi connectivity index (χ4n) is 2.70. The minimum Gasteiger partial charge on any atom is -0.465 e. The smallest absolute Gasteiger partial charge is 0.407 e. The first-order chi connectivity index (χ1) is 11.3. The summed E-state index contributed by atoms with van der Waals surface area (Å²) in [4.78, 5) is 12.5. The van der Waals surface area contributed by atoms with Crippen molar-refractivity contribution in [3.8, 4) is 0 Å². The minimum absolute atomic E-state index is 0.0932. The molecule has 2 unspecified atom stereocenters. The van der Waals surface area contributed by atoms with E-state index in [4.69, 9.17) is 14.0 Å². The third-order valence-corrected chi connectivity index (χ3v) is 5.20. The first kappa shape index (κ1) is 18.7. The molecule has 1 aliphatic heterocycles. The summed E-state index contributed by atoms with van der Waals surface area (Å²) in [5.74, 6) is 0.206. The largest absolute Gasteiger partial charge is 0.465 e. The summed E-state index contributed by atoms with van der Waals surface area (Å²) in [7, 11) is -3.80. The van der Waals surface area contributed by atoms with Crippen molar-refractivity contribution in [3.05, 3.63) is 29.8 Å². The van der Waals surface area contributed by atoms with E-state index < -0.39 is 16.2 Å². The van der Waals surface area contributed by atoms with Gasteiger partial charge in [0.05, 0.1) is 30.8 Å². The van der Waals surface area contributed by atoms with E-state index in [1.807, 2.05) is 13.8 Å². The van der Waals surface area contributed by atoms with Crippen molar-refractivity contribution in [2.24, 2.45) is 5.92 Å². The van der Waals surface area contributed by atoms with E-state index in [-0.39, 0.29) is 30.1 Å². The van der Waals surface area contributed by atoms with E-state index in [2.05, 4.69) is 0 Å². The van der Waals surface area contributed by atoms with Crippen LogP contribution in [0.1, 0.15) is 18.9 Å². The van der Waals surface area contributed by atoms with Crippen LogP contribution in [0.15, 0.2) is 29.2 Å². The van der Waals surface area contributed by atoms with Gasteiger partial charge in [-0.15, -0.1) is 0 Å². The lowest BCUT2D eigenvalue weighted by atomic mass is 9.98. The zero-order valence-electron chi connectivity index (χ0n) is 13.8. The number of hydrogen-bond donors (Lipinski definition) is 1. The van der Waals surface area contributed by atoms with Crippen molar-refractivity contribution in [1.82, 2.24) is 4.90 Å². The van der Waals surface area contributed by atoms with Gasteiger partial charge in [0, 0.05) is 6.54 Å². The molecular weight excluding hydrogens is 334 g/mol. The van der Waals surface area contributed by atoms with Gasteiger partial charge in [-0.3, -0.25) is 4.18 Å². The lowest BCUT2D eigenvalue weighted by Crippen LogP contribution is -2.46. The Kier molecular flexibility index (Phi) is 6.20. The van der Waals surface area contributed by atoms with Crippen LogP contribution in [-0.2, 0) is 19.0 Å². The van der Waals surface area contributed by atoms with Crippen LogP contribution in [0.5, 0.6) is 0 Å². The lowest BCUT2D eigenvalue weighted by molar-refractivity contribution is -0.0206. The number of hydrogen-bond acceptors (Lipinski definition) is 5. The lowest BCUT2D eigenvalue weighted by Gasteiger charge is -2.34. The summed E-state index contributed by atoms with van der Waals surface area (Å²) in [6, 6.07) is 6.41. The fraction of sp³-hybridized carbons (Fsp3) is 0.562. The Morgan fingerprint density at radius 2 is 1.92 bits per heavy atom. The molecule has 1 aliphatic rings. The van der Waals surface area contributed by atoms with Crippen molar-refractivity contribution in [2.45, 2.75) is 31.3 Å². The van der Waals surface area contributed by atoms with Crippen molar-refractivity contribution in [2.75, 3.05) is 26.3 Å². The van der Waals surface area contributed by atoms with Crippen LogP contribution in [-0.4, -0.2) is 56.9 Å². The monoisotopic (exact) mass is 357 g/mol. The molecule has 0 aromatic heterocycles. The van der Waals surface area contributed by atoms with Gasteiger partial charge in [0.1, 0.15) is 0 Å². The molecule has 0 spiro atoms. The van der Waals surface area contributed by atoms with Crippen molar-refractivity contribution >= 4 is 16.2 Å². The number of rotatable bonds is 6. The Labute approximate surface area is 142 Å². The number of likely N-dealkylation sites (tertiary alicyclic amines) is 1. The number of aryl methyl sites for hydroxylation is 1. The summed E-state index contributed by atoms with van der Waals surface area (Å²) < 4.78 is 34.6. The maximum Gasteiger partial charge on any atom is 0.407 e. The van der Waals surface area contributed by atoms with Gasteiger partial charge in [-0.25, -0.2) is 4.79 Å². The molecule has 2 rings (SSSR count). The van der Waals surface area contributed by atoms with Crippen molar-refractivity contribution in [3.63, 3.8) is 0 Å². The highest BCUT2D eigenvalue weighted by Crippen LogP contribution is 2.19. The average molecular weight is 357 g/mol. The van der Waals surface area contributed by atoms with E-state index >= 15 is 0 Å². The van der Waals surface area contributed by atoms with E-state index in [9.17, 15) is 13.2 Å². The number of carbonyl (C=O) groups is 1. The van der Waals surface area contributed by atoms with Crippen LogP contribution in [0.3, 0.4) is 0 Å². The van der Waals surface area contributed by atoms with Crippen molar-refractivity contribution < 1.29 is 27.2 Å². The van der Waals surface area contributed by atoms with Gasteiger partial charge >= 0.3 is 6.09 Å². The maximum absolute atomic E-state index is 12.0. The van der Waals surface area contributed by atoms with Gasteiger partial charge in [0.2, 0.25) is 0 Å². The topological polar surface area (TPSA) is 93.1 Å². The van der Waals surface area contributed by atoms with Gasteiger partial charge < -0.3 is 14.7 Å². The quantitative estimate of drug-likeness (QED) is 0.619. The summed E-state index contributed by atoms with van der Waals surface area (Å²) in [6.45, 7) is 4.61. The zero-order valence-corrected chi connectivity index (χ0v) is 14.7. The van der Waals surface area contributed by atoms with Crippen LogP contribution < -0.4 is 0 Å². The Morgan fingerprint density at radius 3 is 2.54 bits per heavy atom. The van der Waals surface area contributed by atoms with Crippen LogP contribution in [0.2, 0.25) is 0 Å². The van der Waals surface area contributed by atoms with Crippen LogP contribution in [0.25, 0.3) is 0 Å². The predicted octanol–water partition coefficient (Wildman–Crippen LogP) is 2.11. The molecule has 0 aliphatic carbocycles. The Balaban J connectivity index is 1.79. The average Bonchev–Trinajstić information content (AvgIpc) is 2.51. The Hall–Kier alpha value is -1.64. The highest BCUT2D eigenvalue weighted by Gasteiger charge is 2.28. The molecule has 1 amide bonds. The molecule has 1 aromatic rings. The number of amides is 1. The third-order valence-electron chi connectivity index (χ3n) is 3.88. The first-order valence-electron chi connectivity index (χ1n) is 7.83. The van der Waals surface area contributed by atoms with Gasteiger partial charge in [-0.2, -0.15) is 8.42 Å². The molecule has 0 saturated carbocycles. The van der Waals surface area contributed by atoms with Gasteiger partial charge in [0.25, 0.3) is 10.1 Å². The molecule has 8 heteroatoms. The molecule has 0 radical (unpaired) electrons. The van der Waals surface area contributed by atoms with E-state index in [0.717, 1.165) is 12.0 Å². The third kappa shape index (κ3) is 5.19. The minimum atomic E-state index is -3.80.